The van der Waals surface area contributed by atoms with E-state index < -0.39 is 0 Å². The molecule has 1 N–H and O–H groups in total. The minimum Gasteiger partial charge on any atom is -0.485 e. The summed E-state index contributed by atoms with van der Waals surface area (Å²) in [5, 5.41) is 3.39. The first-order chi connectivity index (χ1) is 9.25. The van der Waals surface area contributed by atoms with Crippen LogP contribution in [0.1, 0.15) is 25.2 Å². The van der Waals surface area contributed by atoms with Crippen LogP contribution < -0.4 is 10.1 Å². The van der Waals surface area contributed by atoms with Crippen LogP contribution in [0, 0.1) is 5.92 Å². The summed E-state index contributed by atoms with van der Waals surface area (Å²) in [6, 6.07) is 5.64. The Morgan fingerprint density at radius 3 is 3.00 bits per heavy atom. The third kappa shape index (κ3) is 4.41. The lowest BCUT2D eigenvalue weighted by molar-refractivity contribution is 0.267. The number of ether oxygens (including phenoxy) is 1. The van der Waals surface area contributed by atoms with Gasteiger partial charge in [0.2, 0.25) is 0 Å². The van der Waals surface area contributed by atoms with Crippen LogP contribution in [0.3, 0.4) is 0 Å². The molecule has 0 aliphatic heterocycles. The number of aromatic nitrogens is 1. The highest BCUT2D eigenvalue weighted by Crippen LogP contribution is 2.18. The second-order valence-corrected chi connectivity index (χ2v) is 4.88. The Kier molecular flexibility index (Phi) is 4.98. The van der Waals surface area contributed by atoms with E-state index in [0.717, 1.165) is 30.2 Å². The van der Waals surface area contributed by atoms with Gasteiger partial charge in [-0.2, -0.15) is 0 Å². The Morgan fingerprint density at radius 1 is 1.37 bits per heavy atom. The number of hydrogen-bond acceptors (Lipinski definition) is 4. The van der Waals surface area contributed by atoms with Crippen molar-refractivity contribution in [2.45, 2.75) is 27.0 Å². The number of pyridine rings is 1. The molecule has 4 heteroatoms. The maximum atomic E-state index is 5.77. The second-order valence-electron chi connectivity index (χ2n) is 4.88. The Hall–Kier alpha value is -1.81. The Bertz CT molecular complexity index is 481. The number of nitrogens with one attached hydrogen (secondary N) is 1. The monoisotopic (exact) mass is 260 g/mol. The van der Waals surface area contributed by atoms with E-state index in [-0.39, 0.29) is 0 Å². The summed E-state index contributed by atoms with van der Waals surface area (Å²) in [7, 11) is 0. The van der Waals surface area contributed by atoms with Gasteiger partial charge in [-0.25, -0.2) is 0 Å². The summed E-state index contributed by atoms with van der Waals surface area (Å²) < 4.78 is 11.0. The highest BCUT2D eigenvalue weighted by atomic mass is 16.5. The fraction of sp³-hybridized carbons (Fsp3) is 0.400. The molecular formula is C15H20N2O2. The van der Waals surface area contributed by atoms with Crippen LogP contribution in [0.5, 0.6) is 5.75 Å². The van der Waals surface area contributed by atoms with Gasteiger partial charge in [0.15, 0.2) is 0 Å². The summed E-state index contributed by atoms with van der Waals surface area (Å²) in [4.78, 5) is 4.14. The van der Waals surface area contributed by atoms with Gasteiger partial charge in [-0.15, -0.1) is 0 Å². The van der Waals surface area contributed by atoms with Crippen LogP contribution >= 0.6 is 0 Å². The highest BCUT2D eigenvalue weighted by Gasteiger charge is 2.05. The van der Waals surface area contributed by atoms with Crippen molar-refractivity contribution in [3.63, 3.8) is 0 Å². The lowest BCUT2D eigenvalue weighted by Gasteiger charge is -2.12. The molecule has 0 fully saturated rings. The molecule has 0 aromatic carbocycles. The average molecular weight is 260 g/mol. The zero-order valence-electron chi connectivity index (χ0n) is 11.4. The molecule has 0 aliphatic carbocycles. The molecule has 0 saturated heterocycles. The maximum absolute atomic E-state index is 5.77. The lowest BCUT2D eigenvalue weighted by Crippen LogP contribution is -2.19. The Balaban J connectivity index is 1.92. The average Bonchev–Trinajstić information content (AvgIpc) is 2.90. The molecule has 2 aromatic heterocycles. The molecule has 2 aromatic rings. The predicted molar refractivity (Wildman–Crippen MR) is 73.8 cm³/mol. The van der Waals surface area contributed by atoms with E-state index in [1.54, 1.807) is 12.5 Å². The summed E-state index contributed by atoms with van der Waals surface area (Å²) in [5.74, 6) is 2.30. The minimum absolute atomic E-state index is 0.439. The number of hydrogen-bond donors (Lipinski definition) is 1. The first-order valence-corrected chi connectivity index (χ1v) is 6.54. The standard InChI is InChI=1S/C15H20N2O2/c1-12(2)8-17-10-13-9-16-6-5-15(13)19-11-14-4-3-7-18-14/h3-7,9,12,17H,8,10-11H2,1-2H3. The number of furan rings is 1. The molecule has 0 radical (unpaired) electrons. The quantitative estimate of drug-likeness (QED) is 0.831. The van der Waals surface area contributed by atoms with Crippen LogP contribution in [0.25, 0.3) is 0 Å². The molecule has 0 spiro atoms. The van der Waals surface area contributed by atoms with Gasteiger partial charge < -0.3 is 14.5 Å². The van der Waals surface area contributed by atoms with Crippen LogP contribution in [0.15, 0.2) is 41.3 Å². The van der Waals surface area contributed by atoms with E-state index in [9.17, 15) is 0 Å². The largest absolute Gasteiger partial charge is 0.485 e. The zero-order valence-corrected chi connectivity index (χ0v) is 11.4. The van der Waals surface area contributed by atoms with Crippen molar-refractivity contribution < 1.29 is 9.15 Å². The first kappa shape index (κ1) is 13.6. The minimum atomic E-state index is 0.439. The van der Waals surface area contributed by atoms with Crippen molar-refractivity contribution >= 4 is 0 Å². The fourth-order valence-electron chi connectivity index (χ4n) is 1.73. The topological polar surface area (TPSA) is 47.3 Å². The fourth-order valence-corrected chi connectivity index (χ4v) is 1.73. The van der Waals surface area contributed by atoms with Crippen LogP contribution in [0.2, 0.25) is 0 Å². The maximum Gasteiger partial charge on any atom is 0.146 e. The van der Waals surface area contributed by atoms with Crippen molar-refractivity contribution in [3.05, 3.63) is 48.2 Å². The van der Waals surface area contributed by atoms with Gasteiger partial charge in [0.05, 0.1) is 6.26 Å². The van der Waals surface area contributed by atoms with Crippen molar-refractivity contribution in [3.8, 4) is 5.75 Å². The highest BCUT2D eigenvalue weighted by molar-refractivity contribution is 5.30. The normalized spacial score (nSPS) is 10.9. The van der Waals surface area contributed by atoms with Crippen LogP contribution in [0.4, 0.5) is 0 Å². The van der Waals surface area contributed by atoms with Gasteiger partial charge in [0.25, 0.3) is 0 Å². The molecule has 0 atom stereocenters. The molecule has 2 rings (SSSR count). The number of nitrogens with zero attached hydrogens (tertiary/aromatic N) is 1. The summed E-state index contributed by atoms with van der Waals surface area (Å²) in [5.41, 5.74) is 1.06. The van der Waals surface area contributed by atoms with Crippen molar-refractivity contribution in [1.29, 1.82) is 0 Å². The van der Waals surface area contributed by atoms with Crippen molar-refractivity contribution in [2.24, 2.45) is 5.92 Å². The zero-order chi connectivity index (χ0) is 13.5. The first-order valence-electron chi connectivity index (χ1n) is 6.54. The molecule has 0 aliphatic rings. The predicted octanol–water partition coefficient (Wildman–Crippen LogP) is 3.00. The van der Waals surface area contributed by atoms with E-state index in [1.165, 1.54) is 0 Å². The second kappa shape index (κ2) is 6.95. The molecule has 19 heavy (non-hydrogen) atoms. The smallest absolute Gasteiger partial charge is 0.146 e. The van der Waals surface area contributed by atoms with Gasteiger partial charge in [-0.1, -0.05) is 13.8 Å². The van der Waals surface area contributed by atoms with E-state index in [2.05, 4.69) is 24.1 Å². The van der Waals surface area contributed by atoms with E-state index in [1.807, 2.05) is 24.4 Å². The van der Waals surface area contributed by atoms with Gasteiger partial charge in [-0.3, -0.25) is 4.98 Å². The lowest BCUT2D eigenvalue weighted by atomic mass is 10.2. The summed E-state index contributed by atoms with van der Waals surface area (Å²) >= 11 is 0. The third-order valence-corrected chi connectivity index (χ3v) is 2.68. The summed E-state index contributed by atoms with van der Waals surface area (Å²) in [6.45, 7) is 6.55. The Morgan fingerprint density at radius 2 is 2.26 bits per heavy atom. The van der Waals surface area contributed by atoms with Gasteiger partial charge in [0, 0.05) is 24.5 Å². The molecule has 0 amide bonds. The van der Waals surface area contributed by atoms with E-state index in [4.69, 9.17) is 9.15 Å². The SMILES string of the molecule is CC(C)CNCc1cnccc1OCc1ccco1. The Labute approximate surface area is 113 Å². The van der Waals surface area contributed by atoms with Crippen molar-refractivity contribution in [1.82, 2.24) is 10.3 Å². The van der Waals surface area contributed by atoms with Crippen LogP contribution in [-0.2, 0) is 13.2 Å². The van der Waals surface area contributed by atoms with Crippen molar-refractivity contribution in [2.75, 3.05) is 6.54 Å². The molecule has 2 heterocycles. The molecule has 102 valence electrons. The van der Waals surface area contributed by atoms with E-state index >= 15 is 0 Å². The van der Waals surface area contributed by atoms with Gasteiger partial charge in [-0.05, 0) is 30.7 Å². The number of rotatable bonds is 7. The molecule has 4 nitrogen and oxygen atoms in total. The van der Waals surface area contributed by atoms with E-state index in [0.29, 0.717) is 12.5 Å². The molecule has 0 saturated carbocycles. The van der Waals surface area contributed by atoms with Gasteiger partial charge >= 0.3 is 0 Å². The molecule has 0 unspecified atom stereocenters. The van der Waals surface area contributed by atoms with Gasteiger partial charge in [0.1, 0.15) is 18.1 Å². The molecule has 0 bridgehead atoms. The molecular weight excluding hydrogens is 240 g/mol. The summed E-state index contributed by atoms with van der Waals surface area (Å²) in [6.07, 6.45) is 5.23. The third-order valence-electron chi connectivity index (χ3n) is 2.68. The van der Waals surface area contributed by atoms with Crippen LogP contribution in [-0.4, -0.2) is 11.5 Å².